The molecule has 1 aliphatic rings. The summed E-state index contributed by atoms with van der Waals surface area (Å²) in [6.07, 6.45) is 0. The number of aromatic nitrogens is 2. The smallest absolute Gasteiger partial charge is 0.141 e. The number of fused-ring (bicyclic) bond motifs is 1. The number of carbonyl (C=O) groups excluding carboxylic acids is 1. The van der Waals surface area contributed by atoms with Gasteiger partial charge in [-0.2, -0.15) is 0 Å². The number of hydrogen-bond donors (Lipinski definition) is 1. The van der Waals surface area contributed by atoms with Crippen molar-refractivity contribution in [1.29, 1.82) is 0 Å². The Labute approximate surface area is 127 Å². The summed E-state index contributed by atoms with van der Waals surface area (Å²) in [6.45, 7) is 7.62. The molecule has 0 bridgehead atoms. The molecular formula is C14H18N4O2S. The van der Waals surface area contributed by atoms with Crippen LogP contribution >= 0.6 is 11.3 Å². The number of carboxylic acids is 1. The largest absolute Gasteiger partial charge is 0.544 e. The molecule has 1 saturated heterocycles. The second-order valence-corrected chi connectivity index (χ2v) is 6.56. The van der Waals surface area contributed by atoms with E-state index in [-0.39, 0.29) is 4.88 Å². The molecule has 0 aliphatic carbocycles. The average Bonchev–Trinajstić information content (AvgIpc) is 2.76. The van der Waals surface area contributed by atoms with Gasteiger partial charge in [-0.3, -0.25) is 0 Å². The van der Waals surface area contributed by atoms with Gasteiger partial charge < -0.3 is 19.7 Å². The summed E-state index contributed by atoms with van der Waals surface area (Å²) in [5, 5.41) is 12.1. The van der Waals surface area contributed by atoms with Crippen molar-refractivity contribution < 1.29 is 14.8 Å². The summed E-state index contributed by atoms with van der Waals surface area (Å²) in [6, 6.07) is 0. The Morgan fingerprint density at radius 3 is 2.57 bits per heavy atom. The van der Waals surface area contributed by atoms with Crippen LogP contribution in [-0.2, 0) is 0 Å². The molecule has 112 valence electrons. The maximum absolute atomic E-state index is 11.2. The monoisotopic (exact) mass is 306 g/mol. The number of carbonyl (C=O) groups is 1. The SMILES string of the molecule is Cc1nc(N2CC[NH+](C)CC2)c2c(C)c(C(=O)[O-])sc2n1. The summed E-state index contributed by atoms with van der Waals surface area (Å²) < 4.78 is 0. The van der Waals surface area contributed by atoms with Crippen molar-refractivity contribution in [3.8, 4) is 0 Å². The van der Waals surface area contributed by atoms with Crippen LogP contribution in [0.5, 0.6) is 0 Å². The van der Waals surface area contributed by atoms with Gasteiger partial charge in [0.05, 0.1) is 49.5 Å². The minimum Gasteiger partial charge on any atom is -0.544 e. The van der Waals surface area contributed by atoms with Crippen LogP contribution in [0.4, 0.5) is 5.82 Å². The van der Waals surface area contributed by atoms with Crippen LogP contribution in [-0.4, -0.2) is 49.2 Å². The molecule has 1 N–H and O–H groups in total. The number of quaternary nitrogens is 1. The summed E-state index contributed by atoms with van der Waals surface area (Å²) >= 11 is 1.18. The third-order valence-electron chi connectivity index (χ3n) is 3.98. The number of nitrogens with zero attached hydrogens (tertiary/aromatic N) is 3. The third-order valence-corrected chi connectivity index (χ3v) is 5.15. The lowest BCUT2D eigenvalue weighted by Gasteiger charge is -2.31. The van der Waals surface area contributed by atoms with E-state index in [2.05, 4.69) is 21.9 Å². The van der Waals surface area contributed by atoms with E-state index >= 15 is 0 Å². The third kappa shape index (κ3) is 2.47. The minimum absolute atomic E-state index is 0.255. The van der Waals surface area contributed by atoms with Gasteiger partial charge in [0.15, 0.2) is 0 Å². The first-order valence-electron chi connectivity index (χ1n) is 7.02. The molecule has 0 saturated carbocycles. The van der Waals surface area contributed by atoms with E-state index in [1.807, 2.05) is 13.8 Å². The number of aromatic carboxylic acids is 1. The lowest BCUT2D eigenvalue weighted by atomic mass is 10.2. The Balaban J connectivity index is 2.15. The number of carboxylic acid groups (broad SMARTS) is 1. The van der Waals surface area contributed by atoms with Crippen LogP contribution in [0.1, 0.15) is 21.1 Å². The highest BCUT2D eigenvalue weighted by molar-refractivity contribution is 7.20. The molecule has 6 nitrogen and oxygen atoms in total. The average molecular weight is 306 g/mol. The van der Waals surface area contributed by atoms with Crippen LogP contribution in [0.25, 0.3) is 10.2 Å². The lowest BCUT2D eigenvalue weighted by molar-refractivity contribution is -0.880. The Morgan fingerprint density at radius 2 is 1.95 bits per heavy atom. The summed E-state index contributed by atoms with van der Waals surface area (Å²) in [5.74, 6) is 0.406. The predicted molar refractivity (Wildman–Crippen MR) is 80.1 cm³/mol. The molecule has 7 heteroatoms. The van der Waals surface area contributed by atoms with Crippen molar-refractivity contribution in [1.82, 2.24) is 9.97 Å². The van der Waals surface area contributed by atoms with E-state index in [0.717, 1.165) is 47.8 Å². The molecule has 21 heavy (non-hydrogen) atoms. The van der Waals surface area contributed by atoms with E-state index in [0.29, 0.717) is 5.82 Å². The van der Waals surface area contributed by atoms with Crippen LogP contribution < -0.4 is 14.9 Å². The fraction of sp³-hybridized carbons (Fsp3) is 0.500. The fourth-order valence-corrected chi connectivity index (χ4v) is 3.80. The van der Waals surface area contributed by atoms with Crippen LogP contribution in [0.2, 0.25) is 0 Å². The molecule has 0 spiro atoms. The van der Waals surface area contributed by atoms with E-state index in [1.54, 1.807) is 0 Å². The number of thiophene rings is 1. The normalized spacial score (nSPS) is 16.6. The van der Waals surface area contributed by atoms with Crippen LogP contribution in [0, 0.1) is 13.8 Å². The number of rotatable bonds is 2. The van der Waals surface area contributed by atoms with E-state index in [4.69, 9.17) is 0 Å². The molecule has 2 aromatic rings. The Kier molecular flexibility index (Phi) is 3.54. The first-order valence-corrected chi connectivity index (χ1v) is 7.84. The van der Waals surface area contributed by atoms with E-state index in [9.17, 15) is 9.90 Å². The molecule has 0 radical (unpaired) electrons. The second-order valence-electron chi connectivity index (χ2n) is 5.56. The van der Waals surface area contributed by atoms with Gasteiger partial charge in [0.2, 0.25) is 0 Å². The van der Waals surface area contributed by atoms with Gasteiger partial charge in [-0.1, -0.05) is 0 Å². The van der Waals surface area contributed by atoms with Gasteiger partial charge in [-0.15, -0.1) is 11.3 Å². The van der Waals surface area contributed by atoms with Gasteiger partial charge in [-0.05, 0) is 19.4 Å². The van der Waals surface area contributed by atoms with Crippen LogP contribution in [0.3, 0.4) is 0 Å². The Morgan fingerprint density at radius 1 is 1.29 bits per heavy atom. The first-order chi connectivity index (χ1) is 9.97. The number of hydrogen-bond acceptors (Lipinski definition) is 6. The second kappa shape index (κ2) is 5.23. The van der Waals surface area contributed by atoms with Crippen molar-refractivity contribution in [2.24, 2.45) is 0 Å². The van der Waals surface area contributed by atoms with Crippen molar-refractivity contribution in [2.45, 2.75) is 13.8 Å². The van der Waals surface area contributed by atoms with Gasteiger partial charge >= 0.3 is 0 Å². The zero-order chi connectivity index (χ0) is 15.1. The molecule has 0 atom stereocenters. The molecule has 3 heterocycles. The first kappa shape index (κ1) is 14.2. The van der Waals surface area contributed by atoms with Gasteiger partial charge in [0.1, 0.15) is 16.5 Å². The molecule has 0 amide bonds. The number of nitrogens with one attached hydrogen (secondary N) is 1. The molecule has 1 aliphatic heterocycles. The highest BCUT2D eigenvalue weighted by Gasteiger charge is 2.23. The van der Waals surface area contributed by atoms with Crippen molar-refractivity contribution in [3.05, 3.63) is 16.3 Å². The zero-order valence-corrected chi connectivity index (χ0v) is 13.2. The Bertz CT molecular complexity index is 705. The van der Waals surface area contributed by atoms with E-state index in [1.165, 1.54) is 16.2 Å². The maximum atomic E-state index is 11.2. The minimum atomic E-state index is -1.14. The fourth-order valence-electron chi connectivity index (χ4n) is 2.75. The Hall–Kier alpha value is -1.73. The molecule has 0 unspecified atom stereocenters. The van der Waals surface area contributed by atoms with Crippen molar-refractivity contribution in [2.75, 3.05) is 38.1 Å². The standard InChI is InChI=1S/C14H18N4O2S/c1-8-10-12(18-6-4-17(3)5-7-18)15-9(2)16-13(10)21-11(8)14(19)20/h4-7H2,1-3H3,(H,19,20). The summed E-state index contributed by atoms with van der Waals surface area (Å²) in [7, 11) is 2.18. The van der Waals surface area contributed by atoms with Crippen molar-refractivity contribution >= 4 is 33.3 Å². The van der Waals surface area contributed by atoms with E-state index < -0.39 is 5.97 Å². The van der Waals surface area contributed by atoms with Crippen molar-refractivity contribution in [3.63, 3.8) is 0 Å². The number of piperazine rings is 1. The number of likely N-dealkylation sites (N-methyl/N-ethyl adjacent to an activating group) is 1. The zero-order valence-electron chi connectivity index (χ0n) is 12.4. The quantitative estimate of drug-likeness (QED) is 0.771. The molecule has 0 aromatic carbocycles. The summed E-state index contributed by atoms with van der Waals surface area (Å²) in [5.41, 5.74) is 0.719. The topological polar surface area (TPSA) is 73.6 Å². The highest BCUT2D eigenvalue weighted by Crippen LogP contribution is 2.35. The molecule has 2 aromatic heterocycles. The summed E-state index contributed by atoms with van der Waals surface area (Å²) in [4.78, 5) is 25.0. The van der Waals surface area contributed by atoms with Gasteiger partial charge in [0, 0.05) is 0 Å². The molecular weight excluding hydrogens is 288 g/mol. The predicted octanol–water partition coefficient (Wildman–Crippen LogP) is -0.994. The van der Waals surface area contributed by atoms with Crippen LogP contribution in [0.15, 0.2) is 0 Å². The highest BCUT2D eigenvalue weighted by atomic mass is 32.1. The number of anilines is 1. The maximum Gasteiger partial charge on any atom is 0.141 e. The molecule has 3 rings (SSSR count). The lowest BCUT2D eigenvalue weighted by Crippen LogP contribution is -3.12. The van der Waals surface area contributed by atoms with Gasteiger partial charge in [-0.25, -0.2) is 9.97 Å². The number of aryl methyl sites for hydroxylation is 2. The van der Waals surface area contributed by atoms with Gasteiger partial charge in [0.25, 0.3) is 0 Å². The molecule has 1 fully saturated rings.